The molecular weight excluding hydrogens is 658 g/mol. The van der Waals surface area contributed by atoms with E-state index in [1.54, 1.807) is 42.3 Å². The highest BCUT2D eigenvalue weighted by Crippen LogP contribution is 2.51. The van der Waals surface area contributed by atoms with Gasteiger partial charge in [0, 0.05) is 37.8 Å². The molecule has 1 heterocycles. The van der Waals surface area contributed by atoms with Crippen LogP contribution in [0.2, 0.25) is 0 Å². The van der Waals surface area contributed by atoms with Gasteiger partial charge < -0.3 is 34.8 Å². The highest BCUT2D eigenvalue weighted by Gasteiger charge is 2.44. The lowest BCUT2D eigenvalue weighted by Gasteiger charge is -2.21. The summed E-state index contributed by atoms with van der Waals surface area (Å²) in [5.41, 5.74) is 7.00. The molecule has 9 nitrogen and oxygen atoms in total. The number of ether oxygens (including phenoxy) is 2. The van der Waals surface area contributed by atoms with Crippen molar-refractivity contribution in [2.75, 3.05) is 34.0 Å². The van der Waals surface area contributed by atoms with Gasteiger partial charge in [-0.1, -0.05) is 105 Å². The van der Waals surface area contributed by atoms with Gasteiger partial charge in [-0.3, -0.25) is 9.59 Å². The molecule has 2 unspecified atom stereocenters. The molecular formula is C40H52F2N2O7. The van der Waals surface area contributed by atoms with Gasteiger partial charge in [-0.2, -0.15) is 8.78 Å². The number of rotatable bonds is 13. The fourth-order valence-corrected chi connectivity index (χ4v) is 5.85. The van der Waals surface area contributed by atoms with Crippen molar-refractivity contribution in [1.29, 1.82) is 0 Å². The van der Waals surface area contributed by atoms with Gasteiger partial charge in [-0.15, -0.1) is 0 Å². The lowest BCUT2D eigenvalue weighted by Crippen LogP contribution is -2.37. The Morgan fingerprint density at radius 1 is 0.961 bits per heavy atom. The first kappa shape index (κ1) is 44.4. The van der Waals surface area contributed by atoms with Crippen LogP contribution in [0.15, 0.2) is 84.9 Å². The molecule has 3 N–H and O–H groups in total. The highest BCUT2D eigenvalue weighted by molar-refractivity contribution is 5.84. The van der Waals surface area contributed by atoms with Crippen LogP contribution in [0.5, 0.6) is 0 Å². The number of unbranched alkanes of at least 4 members (excludes halogenated alkanes) is 3. The summed E-state index contributed by atoms with van der Waals surface area (Å²) in [6.45, 7) is 6.39. The number of likely N-dealkylation sites (tertiary alicyclic amines) is 1. The highest BCUT2D eigenvalue weighted by atomic mass is 19.3. The third-order valence-corrected chi connectivity index (χ3v) is 8.10. The fourth-order valence-electron chi connectivity index (χ4n) is 5.85. The number of halogens is 2. The average Bonchev–Trinajstić information content (AvgIpc) is 3.68. The van der Waals surface area contributed by atoms with E-state index in [0.717, 1.165) is 19.8 Å². The van der Waals surface area contributed by atoms with Crippen molar-refractivity contribution in [2.45, 2.75) is 64.0 Å². The predicted molar refractivity (Wildman–Crippen MR) is 195 cm³/mol. The smallest absolute Gasteiger partial charge is 0.299 e. The molecule has 3 aromatic rings. The van der Waals surface area contributed by atoms with Crippen molar-refractivity contribution in [3.63, 3.8) is 0 Å². The second-order valence-electron chi connectivity index (χ2n) is 11.6. The summed E-state index contributed by atoms with van der Waals surface area (Å²) < 4.78 is 40.3. The van der Waals surface area contributed by atoms with Gasteiger partial charge >= 0.3 is 0 Å². The molecule has 0 saturated carbocycles. The van der Waals surface area contributed by atoms with Crippen LogP contribution in [0, 0.1) is 5.92 Å². The first-order valence-electron chi connectivity index (χ1n) is 16.8. The number of fused-ring (bicyclic) bond motifs is 3. The second kappa shape index (κ2) is 25.4. The zero-order valence-corrected chi connectivity index (χ0v) is 29.8. The molecule has 3 aromatic carbocycles. The van der Waals surface area contributed by atoms with E-state index >= 15 is 0 Å². The van der Waals surface area contributed by atoms with Crippen LogP contribution < -0.4 is 5.73 Å². The molecule has 0 spiro atoms. The van der Waals surface area contributed by atoms with E-state index in [9.17, 15) is 18.4 Å². The van der Waals surface area contributed by atoms with Crippen LogP contribution in [0.25, 0.3) is 11.1 Å². The predicted octanol–water partition coefficient (Wildman–Crippen LogP) is 6.28. The third kappa shape index (κ3) is 13.9. The Kier molecular flexibility index (Phi) is 22.1. The van der Waals surface area contributed by atoms with E-state index < -0.39 is 12.0 Å². The number of methoxy groups -OCH3 is 1. The minimum absolute atomic E-state index is 0.00214. The number of alkyl halides is 2. The van der Waals surface area contributed by atoms with E-state index in [1.807, 2.05) is 43.2 Å². The van der Waals surface area contributed by atoms with Crippen LogP contribution in [0.3, 0.4) is 0 Å². The number of benzene rings is 3. The van der Waals surface area contributed by atoms with E-state index in [1.165, 1.54) is 37.0 Å². The van der Waals surface area contributed by atoms with Crippen LogP contribution in [0.4, 0.5) is 8.78 Å². The fraction of sp³-hybridized carbons (Fsp3) is 0.400. The van der Waals surface area contributed by atoms with Gasteiger partial charge in [0.1, 0.15) is 13.1 Å². The number of nitrogens with zero attached hydrogens (tertiary/aromatic N) is 1. The molecule has 5 rings (SSSR count). The Hall–Kier alpha value is -4.58. The van der Waals surface area contributed by atoms with Crippen molar-refractivity contribution in [3.05, 3.63) is 107 Å². The number of primary amides is 1. The summed E-state index contributed by atoms with van der Waals surface area (Å²) in [4.78, 5) is 42.9. The Bertz CT molecular complexity index is 1470. The molecule has 2 amide bonds. The van der Waals surface area contributed by atoms with Crippen molar-refractivity contribution in [2.24, 2.45) is 11.7 Å². The number of carbonyl (C=O) groups excluding carboxylic acids is 4. The molecule has 1 aliphatic heterocycles. The molecule has 2 atom stereocenters. The first-order chi connectivity index (χ1) is 24.8. The minimum atomic E-state index is -3.04. The zero-order chi connectivity index (χ0) is 38.1. The average molecular weight is 711 g/mol. The molecule has 11 heteroatoms. The maximum absolute atomic E-state index is 14.8. The molecule has 1 aliphatic carbocycles. The maximum Gasteiger partial charge on any atom is 0.299 e. The summed E-state index contributed by atoms with van der Waals surface area (Å²) >= 11 is 0. The summed E-state index contributed by atoms with van der Waals surface area (Å²) in [6.07, 6.45) is 10.6. The van der Waals surface area contributed by atoms with Gasteiger partial charge in [0.25, 0.3) is 5.92 Å². The molecule has 51 heavy (non-hydrogen) atoms. The number of hydrogen-bond donors (Lipinski definition) is 2. The van der Waals surface area contributed by atoms with Crippen molar-refractivity contribution < 1.29 is 42.5 Å². The van der Waals surface area contributed by atoms with Gasteiger partial charge in [-0.25, -0.2) is 0 Å². The van der Waals surface area contributed by atoms with Gasteiger partial charge in [0.2, 0.25) is 12.3 Å². The number of aliphatic hydroxyl groups excluding tert-OH is 1. The standard InChI is InChI=1S/C29H33F2NO3.C8H10O.CH3NO.CH4O.CH2O/c1-2-3-4-5-6-9-14-35-20-22-15-23(19-33)32(18-22)28(34)17-21-12-13-27-25(16-21)24-10-7-8-11-26(24)29(27,30)31;1-9-7-8-5-3-2-4-6-8;2-1-3;2*1-2/h6-13,16,19,22-23H,2-5,14-15,17-18,20H2,1H3;2-6H,7H2,1H3;1H,(H2,2,3);2H,1H3;1H2/b9-6+;;;;. The summed E-state index contributed by atoms with van der Waals surface area (Å²) in [6, 6.07) is 20.8. The monoisotopic (exact) mass is 710 g/mol. The Labute approximate surface area is 300 Å². The van der Waals surface area contributed by atoms with Crippen LogP contribution in [-0.2, 0) is 47.6 Å². The zero-order valence-electron chi connectivity index (χ0n) is 29.8. The van der Waals surface area contributed by atoms with Crippen molar-refractivity contribution >= 4 is 25.4 Å². The normalized spacial score (nSPS) is 16.0. The van der Waals surface area contributed by atoms with E-state index in [0.29, 0.717) is 49.5 Å². The summed E-state index contributed by atoms with van der Waals surface area (Å²) in [5.74, 6) is -3.10. The van der Waals surface area contributed by atoms with E-state index in [4.69, 9.17) is 24.2 Å². The number of allylic oxidation sites excluding steroid dienone is 1. The lowest BCUT2D eigenvalue weighted by atomic mass is 10.0. The van der Waals surface area contributed by atoms with E-state index in [2.05, 4.69) is 18.7 Å². The number of amides is 2. The van der Waals surface area contributed by atoms with Crippen molar-refractivity contribution in [1.82, 2.24) is 4.90 Å². The number of hydrogen-bond acceptors (Lipinski definition) is 7. The molecule has 0 aromatic heterocycles. The van der Waals surface area contributed by atoms with Crippen molar-refractivity contribution in [3.8, 4) is 11.1 Å². The summed E-state index contributed by atoms with van der Waals surface area (Å²) in [7, 11) is 2.70. The first-order valence-corrected chi connectivity index (χ1v) is 16.8. The third-order valence-electron chi connectivity index (χ3n) is 8.10. The minimum Gasteiger partial charge on any atom is -0.400 e. The van der Waals surface area contributed by atoms with Gasteiger partial charge in [0.15, 0.2) is 0 Å². The number of nitrogens with two attached hydrogens (primary N) is 1. The molecule has 1 saturated heterocycles. The van der Waals surface area contributed by atoms with Crippen LogP contribution in [-0.4, -0.2) is 75.4 Å². The Balaban J connectivity index is 0.000000681. The molecule has 1 fully saturated rings. The molecule has 278 valence electrons. The van der Waals surface area contributed by atoms with E-state index in [-0.39, 0.29) is 35.8 Å². The molecule has 0 radical (unpaired) electrons. The maximum atomic E-state index is 14.8. The van der Waals surface area contributed by atoms with Crippen LogP contribution >= 0.6 is 0 Å². The molecule has 2 aliphatic rings. The Morgan fingerprint density at radius 3 is 2.25 bits per heavy atom. The van der Waals surface area contributed by atoms with Crippen LogP contribution in [0.1, 0.15) is 61.3 Å². The largest absolute Gasteiger partial charge is 0.400 e. The van der Waals surface area contributed by atoms with Gasteiger partial charge in [-0.05, 0) is 41.5 Å². The number of aldehydes is 1. The lowest BCUT2D eigenvalue weighted by molar-refractivity contribution is -0.134. The number of carbonyl (C=O) groups is 4. The Morgan fingerprint density at radius 2 is 1.61 bits per heavy atom. The SMILES string of the molecule is C=O.CCCCC/C=C/COCC1CC(C=O)N(C(=O)Cc2ccc3c(c2)-c2ccccc2C3(F)F)C1.CO.COCc1ccccc1.NC=O. The molecule has 0 bridgehead atoms. The van der Waals surface area contributed by atoms with Gasteiger partial charge in [0.05, 0.1) is 32.3 Å². The summed E-state index contributed by atoms with van der Waals surface area (Å²) in [5, 5.41) is 7.00. The number of aliphatic hydroxyl groups is 1. The topological polar surface area (TPSA) is 136 Å². The second-order valence-corrected chi connectivity index (χ2v) is 11.6. The quantitative estimate of drug-likeness (QED) is 0.121.